The van der Waals surface area contributed by atoms with Gasteiger partial charge in [0.05, 0.1) is 0 Å². The standard InChI is InChI=1S/C16H17N3O3/c1-12(20)18-5-7-19(8-6-18)16(22)14(11-17)9-13-3-2-4-15(21)10-13/h2-4,9-10,21H,5-8H2,1H3/b14-9+. The van der Waals surface area contributed by atoms with Gasteiger partial charge in [-0.25, -0.2) is 0 Å². The smallest absolute Gasteiger partial charge is 0.264 e. The molecular weight excluding hydrogens is 282 g/mol. The van der Waals surface area contributed by atoms with Gasteiger partial charge in [0, 0.05) is 33.1 Å². The summed E-state index contributed by atoms with van der Waals surface area (Å²) >= 11 is 0. The first-order valence-corrected chi connectivity index (χ1v) is 6.97. The van der Waals surface area contributed by atoms with Gasteiger partial charge in [0.1, 0.15) is 17.4 Å². The van der Waals surface area contributed by atoms with Crippen LogP contribution in [0.2, 0.25) is 0 Å². The molecule has 1 fully saturated rings. The second-order valence-corrected chi connectivity index (χ2v) is 5.06. The average molecular weight is 299 g/mol. The number of phenols is 1. The van der Waals surface area contributed by atoms with E-state index in [2.05, 4.69) is 0 Å². The lowest BCUT2D eigenvalue weighted by Gasteiger charge is -2.34. The van der Waals surface area contributed by atoms with Crippen molar-refractivity contribution in [3.8, 4) is 11.8 Å². The van der Waals surface area contributed by atoms with Gasteiger partial charge in [0.2, 0.25) is 5.91 Å². The Morgan fingerprint density at radius 1 is 1.23 bits per heavy atom. The molecule has 0 aliphatic carbocycles. The van der Waals surface area contributed by atoms with Crippen molar-refractivity contribution >= 4 is 17.9 Å². The molecule has 1 aliphatic rings. The van der Waals surface area contributed by atoms with Gasteiger partial charge in [-0.2, -0.15) is 5.26 Å². The Morgan fingerprint density at radius 2 is 1.86 bits per heavy atom. The van der Waals surface area contributed by atoms with Crippen LogP contribution in [0.1, 0.15) is 12.5 Å². The van der Waals surface area contributed by atoms with E-state index in [4.69, 9.17) is 0 Å². The summed E-state index contributed by atoms with van der Waals surface area (Å²) in [5.41, 5.74) is 0.606. The van der Waals surface area contributed by atoms with Crippen LogP contribution < -0.4 is 0 Å². The fourth-order valence-corrected chi connectivity index (χ4v) is 2.32. The lowest BCUT2D eigenvalue weighted by molar-refractivity contribution is -0.135. The molecule has 114 valence electrons. The van der Waals surface area contributed by atoms with E-state index in [0.29, 0.717) is 31.7 Å². The highest BCUT2D eigenvalue weighted by atomic mass is 16.3. The summed E-state index contributed by atoms with van der Waals surface area (Å²) in [6.07, 6.45) is 1.46. The third-order valence-corrected chi connectivity index (χ3v) is 3.54. The SMILES string of the molecule is CC(=O)N1CCN(C(=O)/C(C#N)=C/c2cccc(O)c2)CC1. The monoisotopic (exact) mass is 299 g/mol. The molecule has 6 heteroatoms. The number of carbonyl (C=O) groups excluding carboxylic acids is 2. The van der Waals surface area contributed by atoms with Gasteiger partial charge in [0.15, 0.2) is 0 Å². The van der Waals surface area contributed by atoms with E-state index < -0.39 is 0 Å². The number of aromatic hydroxyl groups is 1. The first-order chi connectivity index (χ1) is 10.5. The van der Waals surface area contributed by atoms with Gasteiger partial charge >= 0.3 is 0 Å². The van der Waals surface area contributed by atoms with Crippen LogP contribution in [0, 0.1) is 11.3 Å². The van der Waals surface area contributed by atoms with E-state index in [1.807, 2.05) is 6.07 Å². The highest BCUT2D eigenvalue weighted by Crippen LogP contribution is 2.15. The van der Waals surface area contributed by atoms with Crippen LogP contribution in [-0.2, 0) is 9.59 Å². The molecule has 1 aromatic carbocycles. The fraction of sp³-hybridized carbons (Fsp3) is 0.312. The molecule has 0 bridgehead atoms. The number of hydrogen-bond donors (Lipinski definition) is 1. The minimum atomic E-state index is -0.353. The van der Waals surface area contributed by atoms with E-state index in [1.54, 1.807) is 21.9 Å². The number of piperazine rings is 1. The number of nitriles is 1. The quantitative estimate of drug-likeness (QED) is 0.652. The number of phenolic OH excluding ortho intramolecular Hbond substituents is 1. The number of carbonyl (C=O) groups is 2. The fourth-order valence-electron chi connectivity index (χ4n) is 2.32. The molecule has 6 nitrogen and oxygen atoms in total. The summed E-state index contributed by atoms with van der Waals surface area (Å²) in [5.74, 6) is -0.287. The van der Waals surface area contributed by atoms with Gasteiger partial charge in [-0.15, -0.1) is 0 Å². The first-order valence-electron chi connectivity index (χ1n) is 6.97. The number of hydrogen-bond acceptors (Lipinski definition) is 4. The maximum atomic E-state index is 12.4. The van der Waals surface area contributed by atoms with Crippen LogP contribution >= 0.6 is 0 Å². The van der Waals surface area contributed by atoms with Gasteiger partial charge in [0.25, 0.3) is 5.91 Å². The second kappa shape index (κ2) is 6.76. The van der Waals surface area contributed by atoms with Gasteiger partial charge in [-0.05, 0) is 23.8 Å². The Labute approximate surface area is 128 Å². The average Bonchev–Trinajstić information content (AvgIpc) is 2.52. The number of benzene rings is 1. The van der Waals surface area contributed by atoms with Crippen LogP contribution in [0.25, 0.3) is 6.08 Å². The summed E-state index contributed by atoms with van der Waals surface area (Å²) < 4.78 is 0. The van der Waals surface area contributed by atoms with Crippen LogP contribution in [-0.4, -0.2) is 52.9 Å². The maximum absolute atomic E-state index is 12.4. The highest BCUT2D eigenvalue weighted by Gasteiger charge is 2.24. The van der Waals surface area contributed by atoms with Crippen molar-refractivity contribution in [2.75, 3.05) is 26.2 Å². The highest BCUT2D eigenvalue weighted by molar-refractivity contribution is 6.01. The summed E-state index contributed by atoms with van der Waals surface area (Å²) in [6, 6.07) is 8.26. The lowest BCUT2D eigenvalue weighted by Crippen LogP contribution is -2.50. The molecule has 1 aliphatic heterocycles. The molecule has 0 spiro atoms. The predicted octanol–water partition coefficient (Wildman–Crippen LogP) is 0.990. The third-order valence-electron chi connectivity index (χ3n) is 3.54. The maximum Gasteiger partial charge on any atom is 0.264 e. The normalized spacial score (nSPS) is 15.4. The Balaban J connectivity index is 2.10. The molecule has 1 N–H and O–H groups in total. The number of rotatable bonds is 2. The zero-order valence-corrected chi connectivity index (χ0v) is 12.3. The van der Waals surface area contributed by atoms with Crippen molar-refractivity contribution in [2.24, 2.45) is 0 Å². The van der Waals surface area contributed by atoms with E-state index in [0.717, 1.165) is 0 Å². The summed E-state index contributed by atoms with van der Waals surface area (Å²) in [7, 11) is 0. The van der Waals surface area contributed by atoms with Gasteiger partial charge in [-0.1, -0.05) is 12.1 Å². The molecule has 0 aromatic heterocycles. The molecule has 1 aromatic rings. The molecule has 22 heavy (non-hydrogen) atoms. The van der Waals surface area contributed by atoms with Crippen LogP contribution in [0.15, 0.2) is 29.8 Å². The number of nitrogens with zero attached hydrogens (tertiary/aromatic N) is 3. The number of amides is 2. The molecule has 0 unspecified atom stereocenters. The Morgan fingerprint density at radius 3 is 2.41 bits per heavy atom. The molecule has 2 rings (SSSR count). The Kier molecular flexibility index (Phi) is 4.79. The molecule has 1 saturated heterocycles. The predicted molar refractivity (Wildman–Crippen MR) is 80.5 cm³/mol. The summed E-state index contributed by atoms with van der Waals surface area (Å²) in [6.45, 7) is 3.28. The molecule has 0 saturated carbocycles. The minimum Gasteiger partial charge on any atom is -0.508 e. The molecule has 2 amide bonds. The van der Waals surface area contributed by atoms with Gasteiger partial charge < -0.3 is 14.9 Å². The van der Waals surface area contributed by atoms with Gasteiger partial charge in [-0.3, -0.25) is 9.59 Å². The largest absolute Gasteiger partial charge is 0.508 e. The molecule has 0 atom stereocenters. The van der Waals surface area contributed by atoms with Crippen molar-refractivity contribution in [1.82, 2.24) is 9.80 Å². The topological polar surface area (TPSA) is 84.6 Å². The first kappa shape index (κ1) is 15.6. The van der Waals surface area contributed by atoms with Crippen LogP contribution in [0.5, 0.6) is 5.75 Å². The molecular formula is C16H17N3O3. The summed E-state index contributed by atoms with van der Waals surface area (Å²) in [5, 5.41) is 18.6. The van der Waals surface area contributed by atoms with E-state index in [1.165, 1.54) is 25.1 Å². The zero-order chi connectivity index (χ0) is 16.1. The van der Waals surface area contributed by atoms with E-state index in [9.17, 15) is 20.0 Å². The van der Waals surface area contributed by atoms with Crippen molar-refractivity contribution in [3.63, 3.8) is 0 Å². The zero-order valence-electron chi connectivity index (χ0n) is 12.3. The summed E-state index contributed by atoms with van der Waals surface area (Å²) in [4.78, 5) is 26.9. The van der Waals surface area contributed by atoms with Crippen LogP contribution in [0.3, 0.4) is 0 Å². The van der Waals surface area contributed by atoms with Crippen molar-refractivity contribution in [1.29, 1.82) is 5.26 Å². The van der Waals surface area contributed by atoms with Crippen LogP contribution in [0.4, 0.5) is 0 Å². The van der Waals surface area contributed by atoms with Crippen molar-refractivity contribution < 1.29 is 14.7 Å². The molecule has 1 heterocycles. The Bertz CT molecular complexity index is 653. The third kappa shape index (κ3) is 3.64. The lowest BCUT2D eigenvalue weighted by atomic mass is 10.1. The second-order valence-electron chi connectivity index (χ2n) is 5.06. The minimum absolute atomic E-state index is 0.0112. The van der Waals surface area contributed by atoms with E-state index in [-0.39, 0.29) is 23.1 Å². The van der Waals surface area contributed by atoms with E-state index >= 15 is 0 Å². The van der Waals surface area contributed by atoms with Crippen molar-refractivity contribution in [3.05, 3.63) is 35.4 Å². The Hall–Kier alpha value is -2.81. The van der Waals surface area contributed by atoms with Crippen molar-refractivity contribution in [2.45, 2.75) is 6.92 Å². The molecule has 0 radical (unpaired) electrons.